The third-order valence-corrected chi connectivity index (χ3v) is 5.16. The lowest BCUT2D eigenvalue weighted by molar-refractivity contribution is 0.100. The van der Waals surface area contributed by atoms with Gasteiger partial charge in [0, 0.05) is 12.0 Å². The van der Waals surface area contributed by atoms with Gasteiger partial charge in [-0.05, 0) is 65.1 Å². The van der Waals surface area contributed by atoms with Gasteiger partial charge in [-0.2, -0.15) is 0 Å². The Morgan fingerprint density at radius 3 is 2.43 bits per heavy atom. The second kappa shape index (κ2) is 8.59. The molecule has 2 nitrogen and oxygen atoms in total. The average molecular weight is 414 g/mol. The Bertz CT molecular complexity index is 1080. The van der Waals surface area contributed by atoms with Crippen molar-refractivity contribution in [2.75, 3.05) is 0 Å². The lowest BCUT2D eigenvalue weighted by Crippen LogP contribution is -2.13. The van der Waals surface area contributed by atoms with Crippen LogP contribution >= 0.6 is 23.2 Å². The molecule has 0 fully saturated rings. The highest BCUT2D eigenvalue weighted by atomic mass is 35.5. The van der Waals surface area contributed by atoms with Crippen LogP contribution in [0, 0.1) is 6.92 Å². The van der Waals surface area contributed by atoms with E-state index in [9.17, 15) is 9.18 Å². The Labute approximate surface area is 173 Å². The summed E-state index contributed by atoms with van der Waals surface area (Å²) >= 11 is 11.9. The molecular formula is C23H18Cl2FNO. The molecule has 142 valence electrons. The Morgan fingerprint density at radius 2 is 1.75 bits per heavy atom. The molecule has 0 unspecified atom stereocenters. The van der Waals surface area contributed by atoms with Crippen molar-refractivity contribution in [1.82, 2.24) is 0 Å². The number of carbonyl (C=O) groups is 1. The van der Waals surface area contributed by atoms with Crippen molar-refractivity contribution < 1.29 is 9.18 Å². The molecule has 5 heteroatoms. The number of nitrogens with two attached hydrogens (primary N) is 1. The van der Waals surface area contributed by atoms with Crippen molar-refractivity contribution in [3.63, 3.8) is 0 Å². The number of hydrogen-bond acceptors (Lipinski definition) is 1. The molecule has 0 atom stereocenters. The minimum absolute atomic E-state index is 0.0815. The Hall–Kier alpha value is -2.62. The second-order valence-electron chi connectivity index (χ2n) is 6.50. The maximum absolute atomic E-state index is 14.6. The molecule has 0 heterocycles. The van der Waals surface area contributed by atoms with Crippen LogP contribution in [0.5, 0.6) is 0 Å². The fourth-order valence-corrected chi connectivity index (χ4v) is 3.35. The maximum atomic E-state index is 14.6. The van der Waals surface area contributed by atoms with E-state index in [1.807, 2.05) is 37.3 Å². The van der Waals surface area contributed by atoms with Crippen molar-refractivity contribution in [2.24, 2.45) is 5.73 Å². The highest BCUT2D eigenvalue weighted by Crippen LogP contribution is 2.29. The molecule has 2 N–H and O–H groups in total. The minimum atomic E-state index is -0.517. The van der Waals surface area contributed by atoms with Gasteiger partial charge in [0.2, 0.25) is 5.91 Å². The molecule has 0 radical (unpaired) electrons. The van der Waals surface area contributed by atoms with Crippen LogP contribution in [-0.4, -0.2) is 5.91 Å². The van der Waals surface area contributed by atoms with Gasteiger partial charge in [0.15, 0.2) is 0 Å². The first-order valence-corrected chi connectivity index (χ1v) is 9.40. The van der Waals surface area contributed by atoms with E-state index in [4.69, 9.17) is 28.9 Å². The summed E-state index contributed by atoms with van der Waals surface area (Å²) in [6.07, 6.45) is 1.50. The molecule has 0 aliphatic carbocycles. The molecule has 1 amide bonds. The quantitative estimate of drug-likeness (QED) is 0.501. The minimum Gasteiger partial charge on any atom is -0.366 e. The summed E-state index contributed by atoms with van der Waals surface area (Å²) in [5.41, 5.74) is 9.90. The van der Waals surface area contributed by atoms with Crippen LogP contribution in [0.4, 0.5) is 4.39 Å². The van der Waals surface area contributed by atoms with E-state index in [1.54, 1.807) is 30.3 Å². The number of carbonyl (C=O) groups excluding carboxylic acids is 1. The van der Waals surface area contributed by atoms with Crippen LogP contribution in [-0.2, 0) is 6.42 Å². The van der Waals surface area contributed by atoms with Crippen LogP contribution in [0.1, 0.15) is 27.0 Å². The number of benzene rings is 3. The van der Waals surface area contributed by atoms with E-state index >= 15 is 0 Å². The van der Waals surface area contributed by atoms with E-state index in [-0.39, 0.29) is 12.2 Å². The topological polar surface area (TPSA) is 43.1 Å². The van der Waals surface area contributed by atoms with Crippen molar-refractivity contribution in [1.29, 1.82) is 0 Å². The first-order chi connectivity index (χ1) is 13.3. The summed E-state index contributed by atoms with van der Waals surface area (Å²) in [6.45, 7) is 1.96. The van der Waals surface area contributed by atoms with Crippen LogP contribution in [0.25, 0.3) is 17.2 Å². The van der Waals surface area contributed by atoms with E-state index in [0.717, 1.165) is 16.7 Å². The molecular weight excluding hydrogens is 396 g/mol. The molecule has 0 spiro atoms. The average Bonchev–Trinajstić information content (AvgIpc) is 2.65. The molecule has 3 aromatic carbocycles. The number of halogens is 3. The third-order valence-electron chi connectivity index (χ3n) is 4.42. The Morgan fingerprint density at radius 1 is 1.00 bits per heavy atom. The first-order valence-electron chi connectivity index (χ1n) is 8.65. The van der Waals surface area contributed by atoms with E-state index < -0.39 is 5.91 Å². The third kappa shape index (κ3) is 4.61. The van der Waals surface area contributed by atoms with Gasteiger partial charge >= 0.3 is 0 Å². The number of amides is 1. The summed E-state index contributed by atoms with van der Waals surface area (Å²) in [7, 11) is 0. The van der Waals surface area contributed by atoms with Gasteiger partial charge in [-0.25, -0.2) is 4.39 Å². The Balaban J connectivity index is 1.95. The molecule has 0 aromatic heterocycles. The van der Waals surface area contributed by atoms with Gasteiger partial charge in [0.25, 0.3) is 0 Å². The standard InChI is InChI=1S/C23H18Cl2FNO/c1-14-4-2-3-5-18(14)20-12-15(6-8-19(20)23(27)28)10-17(26)11-16-7-9-21(24)22(25)13-16/h2-9,11-13H,10H2,1H3,(H2,27,28). The van der Waals surface area contributed by atoms with E-state index in [0.29, 0.717) is 26.7 Å². The summed E-state index contributed by atoms with van der Waals surface area (Å²) in [5.74, 6) is -0.849. The predicted octanol–water partition coefficient (Wildman–Crippen LogP) is 6.62. The molecule has 0 bridgehead atoms. The van der Waals surface area contributed by atoms with Gasteiger partial charge < -0.3 is 5.73 Å². The molecule has 28 heavy (non-hydrogen) atoms. The zero-order valence-corrected chi connectivity index (χ0v) is 16.7. The van der Waals surface area contributed by atoms with Gasteiger partial charge in [-0.1, -0.05) is 59.6 Å². The van der Waals surface area contributed by atoms with Gasteiger partial charge in [0.05, 0.1) is 10.0 Å². The fraction of sp³-hybridized carbons (Fsp3) is 0.0870. The van der Waals surface area contributed by atoms with E-state index in [1.165, 1.54) is 6.08 Å². The number of hydrogen-bond donors (Lipinski definition) is 1. The van der Waals surface area contributed by atoms with Crippen molar-refractivity contribution in [3.05, 3.63) is 98.8 Å². The molecule has 3 rings (SSSR count). The summed E-state index contributed by atoms with van der Waals surface area (Å²) in [4.78, 5) is 11.9. The van der Waals surface area contributed by atoms with Crippen LogP contribution in [0.15, 0.2) is 66.5 Å². The molecule has 0 saturated carbocycles. The van der Waals surface area contributed by atoms with E-state index in [2.05, 4.69) is 0 Å². The summed E-state index contributed by atoms with van der Waals surface area (Å²) in [5, 5.41) is 0.792. The van der Waals surface area contributed by atoms with Crippen molar-refractivity contribution in [2.45, 2.75) is 13.3 Å². The predicted molar refractivity (Wildman–Crippen MR) is 114 cm³/mol. The van der Waals surface area contributed by atoms with Crippen molar-refractivity contribution in [3.8, 4) is 11.1 Å². The monoisotopic (exact) mass is 413 g/mol. The summed E-state index contributed by atoms with van der Waals surface area (Å²) in [6, 6.07) is 17.8. The van der Waals surface area contributed by atoms with Gasteiger partial charge in [0.1, 0.15) is 5.83 Å². The number of rotatable bonds is 5. The lowest BCUT2D eigenvalue weighted by atomic mass is 9.93. The van der Waals surface area contributed by atoms with Crippen molar-refractivity contribution >= 4 is 35.2 Å². The van der Waals surface area contributed by atoms with Gasteiger partial charge in [-0.3, -0.25) is 4.79 Å². The zero-order chi connectivity index (χ0) is 20.3. The summed E-state index contributed by atoms with van der Waals surface area (Å²) < 4.78 is 14.6. The van der Waals surface area contributed by atoms with Crippen LogP contribution in [0.2, 0.25) is 10.0 Å². The SMILES string of the molecule is Cc1ccccc1-c1cc(CC(F)=Cc2ccc(Cl)c(Cl)c2)ccc1C(N)=O. The first kappa shape index (κ1) is 20.1. The molecule has 0 saturated heterocycles. The second-order valence-corrected chi connectivity index (χ2v) is 7.32. The smallest absolute Gasteiger partial charge is 0.249 e. The maximum Gasteiger partial charge on any atom is 0.249 e. The number of aryl methyl sites for hydroxylation is 1. The van der Waals surface area contributed by atoms with Crippen LogP contribution in [0.3, 0.4) is 0 Å². The molecule has 0 aliphatic rings. The largest absolute Gasteiger partial charge is 0.366 e. The highest BCUT2D eigenvalue weighted by molar-refractivity contribution is 6.42. The fourth-order valence-electron chi connectivity index (χ4n) is 3.04. The van der Waals surface area contributed by atoms with Gasteiger partial charge in [-0.15, -0.1) is 0 Å². The lowest BCUT2D eigenvalue weighted by Gasteiger charge is -2.12. The molecule has 3 aromatic rings. The highest BCUT2D eigenvalue weighted by Gasteiger charge is 2.13. The normalized spacial score (nSPS) is 11.5. The Kier molecular flexibility index (Phi) is 6.18. The number of allylic oxidation sites excluding steroid dienone is 1. The molecule has 0 aliphatic heterocycles. The van der Waals surface area contributed by atoms with Crippen LogP contribution < -0.4 is 5.73 Å². The zero-order valence-electron chi connectivity index (χ0n) is 15.2. The number of primary amides is 1.